The highest BCUT2D eigenvalue weighted by atomic mass is 19.4. The van der Waals surface area contributed by atoms with Gasteiger partial charge in [-0.3, -0.25) is 9.78 Å². The van der Waals surface area contributed by atoms with E-state index in [0.717, 1.165) is 23.4 Å². The predicted octanol–water partition coefficient (Wildman–Crippen LogP) is 3.38. The smallest absolute Gasteiger partial charge is 0.433 e. The number of hydrogen-bond acceptors (Lipinski definition) is 4. The van der Waals surface area contributed by atoms with E-state index in [4.69, 9.17) is 4.74 Å². The number of halogens is 3. The molecule has 0 fully saturated rings. The Hall–Kier alpha value is -3.16. The first-order chi connectivity index (χ1) is 12.4. The van der Waals surface area contributed by atoms with Crippen LogP contribution in [0.2, 0.25) is 0 Å². The summed E-state index contributed by atoms with van der Waals surface area (Å²) in [5.41, 5.74) is 0.789. The molecule has 0 N–H and O–H groups in total. The van der Waals surface area contributed by atoms with E-state index in [2.05, 4.69) is 9.97 Å². The van der Waals surface area contributed by atoms with Crippen molar-refractivity contribution in [2.24, 2.45) is 0 Å². The summed E-state index contributed by atoms with van der Waals surface area (Å²) in [6.07, 6.45) is -0.125. The number of ether oxygens (including phenoxy) is 1. The SMILES string of the molecule is COc1ccc(-c2ccc(=O)n(Cc3ccc(C(F)(F)F)nc3)c2)cn1. The summed E-state index contributed by atoms with van der Waals surface area (Å²) in [4.78, 5) is 19.6. The maximum atomic E-state index is 12.6. The highest BCUT2D eigenvalue weighted by Crippen LogP contribution is 2.27. The van der Waals surface area contributed by atoms with Crippen LogP contribution in [-0.4, -0.2) is 21.6 Å². The van der Waals surface area contributed by atoms with Crippen molar-refractivity contribution in [3.63, 3.8) is 0 Å². The topological polar surface area (TPSA) is 57.0 Å². The second-order valence-electron chi connectivity index (χ2n) is 5.52. The number of pyridine rings is 3. The molecule has 0 bridgehead atoms. The van der Waals surface area contributed by atoms with Crippen LogP contribution in [0.1, 0.15) is 11.3 Å². The molecule has 0 aromatic carbocycles. The van der Waals surface area contributed by atoms with E-state index in [9.17, 15) is 18.0 Å². The quantitative estimate of drug-likeness (QED) is 0.715. The second kappa shape index (κ2) is 6.99. The fourth-order valence-electron chi connectivity index (χ4n) is 2.38. The standard InChI is InChI=1S/C18H14F3N3O2/c1-26-16-6-3-13(9-23-16)14-4-7-17(25)24(11-14)10-12-2-5-15(22-8-12)18(19,20)21/h2-9,11H,10H2,1H3. The Bertz CT molecular complexity index is 949. The summed E-state index contributed by atoms with van der Waals surface area (Å²) in [7, 11) is 1.51. The van der Waals surface area contributed by atoms with Crippen LogP contribution in [0, 0.1) is 0 Å². The fraction of sp³-hybridized carbons (Fsp3) is 0.167. The van der Waals surface area contributed by atoms with Crippen molar-refractivity contribution in [1.29, 1.82) is 0 Å². The van der Waals surface area contributed by atoms with Crippen molar-refractivity contribution >= 4 is 0 Å². The molecule has 0 amide bonds. The molecular weight excluding hydrogens is 347 g/mol. The molecule has 0 unspecified atom stereocenters. The molecule has 3 heterocycles. The summed E-state index contributed by atoms with van der Waals surface area (Å²) >= 11 is 0. The van der Waals surface area contributed by atoms with Crippen molar-refractivity contribution in [2.75, 3.05) is 7.11 Å². The van der Waals surface area contributed by atoms with E-state index in [1.807, 2.05) is 0 Å². The van der Waals surface area contributed by atoms with Gasteiger partial charge in [0.05, 0.1) is 13.7 Å². The highest BCUT2D eigenvalue weighted by molar-refractivity contribution is 5.61. The fourth-order valence-corrected chi connectivity index (χ4v) is 2.38. The zero-order valence-electron chi connectivity index (χ0n) is 13.7. The number of alkyl halides is 3. The molecule has 3 rings (SSSR count). The van der Waals surface area contributed by atoms with Crippen molar-refractivity contribution in [3.05, 3.63) is 76.6 Å². The van der Waals surface area contributed by atoms with Gasteiger partial charge in [0.25, 0.3) is 5.56 Å². The lowest BCUT2D eigenvalue weighted by molar-refractivity contribution is -0.141. The Kier molecular flexibility index (Phi) is 4.75. The van der Waals surface area contributed by atoms with Gasteiger partial charge in [0, 0.05) is 36.3 Å². The second-order valence-corrected chi connectivity index (χ2v) is 5.52. The van der Waals surface area contributed by atoms with Gasteiger partial charge in [-0.2, -0.15) is 13.2 Å². The Morgan fingerprint density at radius 3 is 2.35 bits per heavy atom. The molecule has 0 saturated carbocycles. The minimum Gasteiger partial charge on any atom is -0.481 e. The first-order valence-electron chi connectivity index (χ1n) is 7.60. The van der Waals surface area contributed by atoms with Crippen LogP contribution >= 0.6 is 0 Å². The lowest BCUT2D eigenvalue weighted by Crippen LogP contribution is -2.19. The van der Waals surface area contributed by atoms with Gasteiger partial charge in [0.15, 0.2) is 0 Å². The zero-order valence-corrected chi connectivity index (χ0v) is 13.7. The largest absolute Gasteiger partial charge is 0.481 e. The Balaban J connectivity index is 1.87. The molecule has 0 spiro atoms. The normalized spacial score (nSPS) is 11.4. The van der Waals surface area contributed by atoms with Crippen molar-refractivity contribution in [1.82, 2.24) is 14.5 Å². The molecule has 0 aliphatic rings. The molecule has 0 radical (unpaired) electrons. The van der Waals surface area contributed by atoms with Crippen LogP contribution in [0.4, 0.5) is 13.2 Å². The summed E-state index contributed by atoms with van der Waals surface area (Å²) in [5, 5.41) is 0. The van der Waals surface area contributed by atoms with Crippen LogP contribution in [0.3, 0.4) is 0 Å². The Morgan fingerprint density at radius 2 is 1.77 bits per heavy atom. The average Bonchev–Trinajstić information content (AvgIpc) is 2.63. The van der Waals surface area contributed by atoms with Crippen LogP contribution in [0.15, 0.2) is 59.8 Å². The monoisotopic (exact) mass is 361 g/mol. The van der Waals surface area contributed by atoms with Gasteiger partial charge >= 0.3 is 6.18 Å². The van der Waals surface area contributed by atoms with E-state index in [1.54, 1.807) is 30.6 Å². The third kappa shape index (κ3) is 3.90. The Labute approximate surface area is 146 Å². The first kappa shape index (κ1) is 17.7. The van der Waals surface area contributed by atoms with Crippen molar-refractivity contribution < 1.29 is 17.9 Å². The highest BCUT2D eigenvalue weighted by Gasteiger charge is 2.31. The maximum absolute atomic E-state index is 12.6. The van der Waals surface area contributed by atoms with Gasteiger partial charge in [-0.25, -0.2) is 4.98 Å². The zero-order chi connectivity index (χ0) is 18.7. The summed E-state index contributed by atoms with van der Waals surface area (Å²) in [6, 6.07) is 8.77. The van der Waals surface area contributed by atoms with E-state index >= 15 is 0 Å². The number of aromatic nitrogens is 3. The molecule has 0 saturated heterocycles. The third-order valence-electron chi connectivity index (χ3n) is 3.73. The summed E-state index contributed by atoms with van der Waals surface area (Å²) < 4.78 is 44.1. The molecule has 0 aliphatic carbocycles. The lowest BCUT2D eigenvalue weighted by Gasteiger charge is -2.10. The molecule has 3 aromatic rings. The van der Waals surface area contributed by atoms with Crippen LogP contribution in [0.5, 0.6) is 5.88 Å². The summed E-state index contributed by atoms with van der Waals surface area (Å²) in [5.74, 6) is 0.470. The third-order valence-corrected chi connectivity index (χ3v) is 3.73. The van der Waals surface area contributed by atoms with Crippen LogP contribution in [-0.2, 0) is 12.7 Å². The van der Waals surface area contributed by atoms with Gasteiger partial charge in [0.2, 0.25) is 5.88 Å². The molecule has 134 valence electrons. The van der Waals surface area contributed by atoms with E-state index in [0.29, 0.717) is 11.4 Å². The number of nitrogens with zero attached hydrogens (tertiary/aromatic N) is 3. The van der Waals surface area contributed by atoms with Gasteiger partial charge in [0.1, 0.15) is 5.69 Å². The summed E-state index contributed by atoms with van der Waals surface area (Å²) in [6.45, 7) is 0.112. The van der Waals surface area contributed by atoms with E-state index < -0.39 is 11.9 Å². The number of rotatable bonds is 4. The molecular formula is C18H14F3N3O2. The van der Waals surface area contributed by atoms with E-state index in [-0.39, 0.29) is 12.1 Å². The Morgan fingerprint density at radius 1 is 1.00 bits per heavy atom. The molecule has 5 nitrogen and oxygen atoms in total. The minimum atomic E-state index is -4.49. The lowest BCUT2D eigenvalue weighted by atomic mass is 10.1. The van der Waals surface area contributed by atoms with Gasteiger partial charge in [-0.1, -0.05) is 6.07 Å². The average molecular weight is 361 g/mol. The van der Waals surface area contributed by atoms with Gasteiger partial charge in [-0.15, -0.1) is 0 Å². The molecule has 3 aromatic heterocycles. The van der Waals surface area contributed by atoms with Crippen molar-refractivity contribution in [2.45, 2.75) is 12.7 Å². The first-order valence-corrected chi connectivity index (χ1v) is 7.60. The van der Waals surface area contributed by atoms with Crippen LogP contribution in [0.25, 0.3) is 11.1 Å². The van der Waals surface area contributed by atoms with Gasteiger partial charge < -0.3 is 9.30 Å². The molecule has 0 aliphatic heterocycles. The predicted molar refractivity (Wildman–Crippen MR) is 88.8 cm³/mol. The molecule has 26 heavy (non-hydrogen) atoms. The van der Waals surface area contributed by atoms with E-state index in [1.165, 1.54) is 23.8 Å². The number of hydrogen-bond donors (Lipinski definition) is 0. The van der Waals surface area contributed by atoms with Crippen molar-refractivity contribution in [3.8, 4) is 17.0 Å². The molecule has 0 atom stereocenters. The van der Waals surface area contributed by atoms with Crippen LogP contribution < -0.4 is 10.3 Å². The maximum Gasteiger partial charge on any atom is 0.433 e. The van der Waals surface area contributed by atoms with Gasteiger partial charge in [-0.05, 0) is 29.3 Å². The minimum absolute atomic E-state index is 0.112. The molecule has 8 heteroatoms. The number of methoxy groups -OCH3 is 1.